The van der Waals surface area contributed by atoms with Crippen LogP contribution in [0.5, 0.6) is 0 Å². The predicted molar refractivity (Wildman–Crippen MR) is 128 cm³/mol. The maximum absolute atomic E-state index is 13.9. The molecule has 2 aromatic carbocycles. The normalized spacial score (nSPS) is 14.5. The van der Waals surface area contributed by atoms with Crippen molar-refractivity contribution in [2.75, 3.05) is 10.6 Å². The maximum Gasteiger partial charge on any atom is 0.418 e. The van der Waals surface area contributed by atoms with E-state index in [1.165, 1.54) is 42.7 Å². The Labute approximate surface area is 211 Å². The van der Waals surface area contributed by atoms with Gasteiger partial charge in [0.2, 0.25) is 0 Å². The van der Waals surface area contributed by atoms with Crippen LogP contribution in [0, 0.1) is 0 Å². The monoisotopic (exact) mass is 529 g/mol. The molecule has 38 heavy (non-hydrogen) atoms. The maximum atomic E-state index is 13.9. The van der Waals surface area contributed by atoms with Gasteiger partial charge >= 0.3 is 24.1 Å². The largest absolute Gasteiger partial charge is 0.478 e. The van der Waals surface area contributed by atoms with Crippen molar-refractivity contribution in [2.24, 2.45) is 4.99 Å². The van der Waals surface area contributed by atoms with Crippen molar-refractivity contribution in [2.45, 2.75) is 18.8 Å². The standard InChI is InChI=1S/C24H18F3N5O6/c25-24(26,27)15-7-16-17(31-20(22(36)37)18(11-33)30-16)8-19(15)32-6-5-12(10-32)9-28-23(38)29-14-3-1-13(2-4-14)21(34)35/h1-8,10-11,18,30H,9H2,(H,34,35)(H,36,37)(H2,28,29,38). The second-order valence-electron chi connectivity index (χ2n) is 8.06. The molecule has 0 saturated heterocycles. The average molecular weight is 529 g/mol. The molecule has 0 aliphatic carbocycles. The number of amides is 2. The molecule has 1 aliphatic rings. The van der Waals surface area contributed by atoms with Gasteiger partial charge < -0.3 is 35.5 Å². The Kier molecular flexibility index (Phi) is 6.88. The summed E-state index contributed by atoms with van der Waals surface area (Å²) in [7, 11) is 0. The summed E-state index contributed by atoms with van der Waals surface area (Å²) < 4.78 is 42.8. The molecule has 2 heterocycles. The van der Waals surface area contributed by atoms with E-state index in [4.69, 9.17) is 5.11 Å². The first-order valence-electron chi connectivity index (χ1n) is 10.8. The van der Waals surface area contributed by atoms with E-state index in [1.54, 1.807) is 0 Å². The number of halogens is 3. The number of aromatic nitrogens is 1. The summed E-state index contributed by atoms with van der Waals surface area (Å²) in [6.07, 6.45) is -1.87. The first-order valence-corrected chi connectivity index (χ1v) is 10.8. The van der Waals surface area contributed by atoms with Gasteiger partial charge in [0.25, 0.3) is 0 Å². The van der Waals surface area contributed by atoms with Gasteiger partial charge in [-0.3, -0.25) is 0 Å². The number of fused-ring (bicyclic) bond motifs is 1. The van der Waals surface area contributed by atoms with E-state index in [-0.39, 0.29) is 35.5 Å². The number of carbonyl (C=O) groups excluding carboxylic acids is 2. The lowest BCUT2D eigenvalue weighted by molar-refractivity contribution is -0.137. The number of hydrogen-bond acceptors (Lipinski definition) is 6. The number of benzene rings is 2. The highest BCUT2D eigenvalue weighted by molar-refractivity contribution is 6.42. The van der Waals surface area contributed by atoms with Crippen LogP contribution in [0.1, 0.15) is 21.5 Å². The van der Waals surface area contributed by atoms with Gasteiger partial charge in [-0.25, -0.2) is 19.4 Å². The molecule has 3 aromatic rings. The van der Waals surface area contributed by atoms with Gasteiger partial charge in [-0.05, 0) is 48.0 Å². The van der Waals surface area contributed by atoms with Gasteiger partial charge in [0.15, 0.2) is 5.71 Å². The highest BCUT2D eigenvalue weighted by Gasteiger charge is 2.37. The summed E-state index contributed by atoms with van der Waals surface area (Å²) in [4.78, 5) is 49.6. The molecule has 0 spiro atoms. The zero-order valence-electron chi connectivity index (χ0n) is 19.1. The van der Waals surface area contributed by atoms with Crippen LogP contribution in [-0.4, -0.2) is 50.8 Å². The Bertz CT molecular complexity index is 1460. The van der Waals surface area contributed by atoms with Gasteiger partial charge in [-0.1, -0.05) is 0 Å². The fourth-order valence-electron chi connectivity index (χ4n) is 3.69. The fourth-order valence-corrected chi connectivity index (χ4v) is 3.69. The SMILES string of the molecule is O=CC1Nc2cc(C(F)(F)F)c(-n3ccc(CNC(=O)Nc4ccc(C(=O)O)cc4)c3)cc2N=C1C(=O)O. The number of aliphatic carboxylic acids is 1. The van der Waals surface area contributed by atoms with Crippen LogP contribution in [0.25, 0.3) is 5.69 Å². The summed E-state index contributed by atoms with van der Waals surface area (Å²) in [5.74, 6) is -2.61. The van der Waals surface area contributed by atoms with Crippen molar-refractivity contribution in [1.82, 2.24) is 9.88 Å². The van der Waals surface area contributed by atoms with E-state index in [9.17, 15) is 37.5 Å². The van der Waals surface area contributed by atoms with Crippen LogP contribution < -0.4 is 16.0 Å². The average Bonchev–Trinajstić information content (AvgIpc) is 3.34. The molecule has 1 aliphatic heterocycles. The minimum absolute atomic E-state index is 0.0434. The third-order valence-corrected chi connectivity index (χ3v) is 5.50. The number of nitrogens with one attached hydrogen (secondary N) is 3. The van der Waals surface area contributed by atoms with Crippen LogP contribution in [0.2, 0.25) is 0 Å². The Balaban J connectivity index is 1.55. The first-order chi connectivity index (χ1) is 18.0. The number of urea groups is 1. The minimum Gasteiger partial charge on any atom is -0.478 e. The predicted octanol–water partition coefficient (Wildman–Crippen LogP) is 3.67. The summed E-state index contributed by atoms with van der Waals surface area (Å²) in [5, 5.41) is 25.7. The minimum atomic E-state index is -4.79. The molecule has 0 saturated carbocycles. The molecule has 11 nitrogen and oxygen atoms in total. The summed E-state index contributed by atoms with van der Waals surface area (Å²) in [6, 6.07) is 6.68. The van der Waals surface area contributed by atoms with Gasteiger partial charge in [0.05, 0.1) is 28.2 Å². The number of alkyl halides is 3. The van der Waals surface area contributed by atoms with E-state index in [1.807, 2.05) is 0 Å². The van der Waals surface area contributed by atoms with E-state index < -0.39 is 41.5 Å². The fraction of sp³-hybridized carbons (Fsp3) is 0.125. The molecular formula is C24H18F3N5O6. The molecular weight excluding hydrogens is 511 g/mol. The number of carbonyl (C=O) groups is 4. The highest BCUT2D eigenvalue weighted by atomic mass is 19.4. The summed E-state index contributed by atoms with van der Waals surface area (Å²) >= 11 is 0. The molecule has 1 unspecified atom stereocenters. The molecule has 14 heteroatoms. The number of carboxylic acids is 2. The van der Waals surface area contributed by atoms with Gasteiger partial charge in [-0.15, -0.1) is 0 Å². The molecule has 1 aromatic heterocycles. The van der Waals surface area contributed by atoms with E-state index in [0.29, 0.717) is 11.3 Å². The molecule has 4 rings (SSSR count). The molecule has 0 radical (unpaired) electrons. The lowest BCUT2D eigenvalue weighted by Gasteiger charge is -2.24. The highest BCUT2D eigenvalue weighted by Crippen LogP contribution is 2.41. The number of anilines is 2. The second kappa shape index (κ2) is 10.1. The van der Waals surface area contributed by atoms with Crippen LogP contribution in [-0.2, 0) is 22.3 Å². The van der Waals surface area contributed by atoms with Crippen molar-refractivity contribution in [3.8, 4) is 5.69 Å². The number of aldehydes is 1. The topological polar surface area (TPSA) is 162 Å². The number of carboxylic acid groups (broad SMARTS) is 2. The smallest absolute Gasteiger partial charge is 0.418 e. The Hall–Kier alpha value is -5.14. The molecule has 196 valence electrons. The third kappa shape index (κ3) is 5.48. The van der Waals surface area contributed by atoms with Crippen LogP contribution in [0.3, 0.4) is 0 Å². The quantitative estimate of drug-likeness (QED) is 0.292. The van der Waals surface area contributed by atoms with Crippen molar-refractivity contribution >= 4 is 47.0 Å². The lowest BCUT2D eigenvalue weighted by atomic mass is 10.0. The van der Waals surface area contributed by atoms with Crippen molar-refractivity contribution < 1.29 is 42.6 Å². The van der Waals surface area contributed by atoms with E-state index in [2.05, 4.69) is 20.9 Å². The summed E-state index contributed by atoms with van der Waals surface area (Å²) in [5.41, 5.74) is -1.37. The Morgan fingerprint density at radius 1 is 1.08 bits per heavy atom. The van der Waals surface area contributed by atoms with Gasteiger partial charge in [0, 0.05) is 24.6 Å². The number of rotatable bonds is 7. The first kappa shape index (κ1) is 25.9. The zero-order valence-corrected chi connectivity index (χ0v) is 19.1. The number of nitrogens with zero attached hydrogens (tertiary/aromatic N) is 2. The number of hydrogen-bond donors (Lipinski definition) is 5. The number of aliphatic imine (C=N–C) groups is 1. The Morgan fingerprint density at radius 2 is 1.79 bits per heavy atom. The lowest BCUT2D eigenvalue weighted by Crippen LogP contribution is -2.38. The zero-order chi connectivity index (χ0) is 27.6. The van der Waals surface area contributed by atoms with Crippen LogP contribution >= 0.6 is 0 Å². The van der Waals surface area contributed by atoms with Crippen molar-refractivity contribution in [3.63, 3.8) is 0 Å². The molecule has 2 amide bonds. The number of aromatic carboxylic acids is 1. The summed E-state index contributed by atoms with van der Waals surface area (Å²) in [6.45, 7) is -0.0534. The van der Waals surface area contributed by atoms with Crippen LogP contribution in [0.4, 0.5) is 35.0 Å². The molecule has 0 bridgehead atoms. The van der Waals surface area contributed by atoms with Gasteiger partial charge in [0.1, 0.15) is 12.3 Å². The van der Waals surface area contributed by atoms with Gasteiger partial charge in [-0.2, -0.15) is 13.2 Å². The van der Waals surface area contributed by atoms with E-state index >= 15 is 0 Å². The molecule has 0 fully saturated rings. The molecule has 5 N–H and O–H groups in total. The molecule has 1 atom stereocenters. The Morgan fingerprint density at radius 3 is 2.39 bits per heavy atom. The third-order valence-electron chi connectivity index (χ3n) is 5.50. The van der Waals surface area contributed by atoms with Crippen LogP contribution in [0.15, 0.2) is 59.9 Å². The van der Waals surface area contributed by atoms with E-state index in [0.717, 1.165) is 16.7 Å². The van der Waals surface area contributed by atoms with Crippen molar-refractivity contribution in [3.05, 3.63) is 71.5 Å². The van der Waals surface area contributed by atoms with Crippen molar-refractivity contribution in [1.29, 1.82) is 0 Å². The second-order valence-corrected chi connectivity index (χ2v) is 8.06.